The zero-order chi connectivity index (χ0) is 17.7. The molecule has 3 heterocycles. The number of benzene rings is 1. The SMILES string of the molecule is O=S(=O)(c1ccc(-c2nnc(C3CC3)o2)s1)N1CCCc2ccccc21. The summed E-state index contributed by atoms with van der Waals surface area (Å²) in [4.78, 5) is 0.688. The number of nitrogens with zero attached hydrogens (tertiary/aromatic N) is 3. The Balaban J connectivity index is 1.49. The summed E-state index contributed by atoms with van der Waals surface area (Å²) in [6.07, 6.45) is 3.90. The zero-order valence-corrected chi connectivity index (χ0v) is 15.6. The van der Waals surface area contributed by atoms with E-state index in [-0.39, 0.29) is 0 Å². The second-order valence-corrected chi connectivity index (χ2v) is 9.82. The van der Waals surface area contributed by atoms with E-state index in [9.17, 15) is 8.42 Å². The molecule has 0 N–H and O–H groups in total. The van der Waals surface area contributed by atoms with Gasteiger partial charge in [-0.3, -0.25) is 4.31 Å². The van der Waals surface area contributed by atoms with Gasteiger partial charge in [0.25, 0.3) is 15.9 Å². The van der Waals surface area contributed by atoms with Crippen molar-refractivity contribution in [2.45, 2.75) is 35.8 Å². The van der Waals surface area contributed by atoms with Crippen molar-refractivity contribution < 1.29 is 12.8 Å². The standard InChI is InChI=1S/C18H17N3O3S2/c22-26(23,21-11-3-5-12-4-1-2-6-14(12)21)16-10-9-15(25-16)18-20-19-17(24-18)13-7-8-13/h1-2,4,6,9-10,13H,3,5,7-8,11H2. The molecule has 2 aromatic heterocycles. The smallest absolute Gasteiger partial charge is 0.273 e. The highest BCUT2D eigenvalue weighted by Crippen LogP contribution is 2.41. The molecule has 0 radical (unpaired) electrons. The molecule has 26 heavy (non-hydrogen) atoms. The van der Waals surface area contributed by atoms with Crippen LogP contribution in [0.4, 0.5) is 5.69 Å². The van der Waals surface area contributed by atoms with Crippen LogP contribution < -0.4 is 4.31 Å². The van der Waals surface area contributed by atoms with Crippen LogP contribution >= 0.6 is 11.3 Å². The van der Waals surface area contributed by atoms with Crippen LogP contribution in [0, 0.1) is 0 Å². The molecule has 8 heteroatoms. The van der Waals surface area contributed by atoms with E-state index in [4.69, 9.17) is 4.42 Å². The molecule has 1 saturated carbocycles. The third kappa shape index (κ3) is 2.64. The van der Waals surface area contributed by atoms with Crippen LogP contribution in [0.1, 0.15) is 36.6 Å². The highest BCUT2D eigenvalue weighted by molar-refractivity contribution is 7.94. The quantitative estimate of drug-likeness (QED) is 0.680. The van der Waals surface area contributed by atoms with Gasteiger partial charge < -0.3 is 4.42 Å². The largest absolute Gasteiger partial charge is 0.420 e. The number of aromatic nitrogens is 2. The van der Waals surface area contributed by atoms with Crippen molar-refractivity contribution in [1.82, 2.24) is 10.2 Å². The Morgan fingerprint density at radius 2 is 1.96 bits per heavy atom. The molecule has 134 valence electrons. The van der Waals surface area contributed by atoms with E-state index < -0.39 is 10.0 Å². The highest BCUT2D eigenvalue weighted by Gasteiger charge is 2.32. The lowest BCUT2D eigenvalue weighted by atomic mass is 10.0. The van der Waals surface area contributed by atoms with Crippen molar-refractivity contribution in [2.24, 2.45) is 0 Å². The predicted molar refractivity (Wildman–Crippen MR) is 98.9 cm³/mol. The summed E-state index contributed by atoms with van der Waals surface area (Å²) in [5.41, 5.74) is 1.85. The molecule has 0 saturated heterocycles. The molecule has 0 unspecified atom stereocenters. The third-order valence-electron chi connectivity index (χ3n) is 4.77. The number of fused-ring (bicyclic) bond motifs is 1. The number of hydrogen-bond donors (Lipinski definition) is 0. The normalized spacial score (nSPS) is 17.3. The average molecular weight is 387 g/mol. The van der Waals surface area contributed by atoms with Gasteiger partial charge in [-0.15, -0.1) is 21.5 Å². The fraction of sp³-hybridized carbons (Fsp3) is 0.333. The summed E-state index contributed by atoms with van der Waals surface area (Å²) in [6, 6.07) is 11.1. The summed E-state index contributed by atoms with van der Waals surface area (Å²) in [5.74, 6) is 1.43. The van der Waals surface area contributed by atoms with Crippen LogP contribution in [0.3, 0.4) is 0 Å². The summed E-state index contributed by atoms with van der Waals surface area (Å²) < 4.78 is 33.9. The molecule has 1 aromatic carbocycles. The Kier molecular flexibility index (Phi) is 3.65. The van der Waals surface area contributed by atoms with Crippen LogP contribution in [0.5, 0.6) is 0 Å². The molecule has 2 aliphatic rings. The molecule has 6 nitrogen and oxygen atoms in total. The Morgan fingerprint density at radius 1 is 1.12 bits per heavy atom. The number of rotatable bonds is 4. The van der Waals surface area contributed by atoms with E-state index in [0.29, 0.717) is 33.3 Å². The van der Waals surface area contributed by atoms with Gasteiger partial charge in [0.2, 0.25) is 5.89 Å². The maximum Gasteiger partial charge on any atom is 0.273 e. The van der Waals surface area contributed by atoms with Crippen molar-refractivity contribution >= 4 is 27.0 Å². The van der Waals surface area contributed by atoms with Gasteiger partial charge in [-0.25, -0.2) is 8.42 Å². The van der Waals surface area contributed by atoms with Crippen molar-refractivity contribution in [3.63, 3.8) is 0 Å². The molecule has 3 aromatic rings. The maximum absolute atomic E-state index is 13.2. The number of aryl methyl sites for hydroxylation is 1. The fourth-order valence-electron chi connectivity index (χ4n) is 3.26. The minimum atomic E-state index is -3.60. The van der Waals surface area contributed by atoms with Gasteiger partial charge in [0.1, 0.15) is 4.21 Å². The first-order valence-corrected chi connectivity index (χ1v) is 10.9. The monoisotopic (exact) mass is 387 g/mol. The second-order valence-electron chi connectivity index (χ2n) is 6.65. The van der Waals surface area contributed by atoms with E-state index >= 15 is 0 Å². The van der Waals surface area contributed by atoms with Crippen LogP contribution in [-0.4, -0.2) is 25.2 Å². The Morgan fingerprint density at radius 3 is 2.81 bits per heavy atom. The Hall–Kier alpha value is -2.19. The van der Waals surface area contributed by atoms with Crippen molar-refractivity contribution in [3.8, 4) is 10.8 Å². The lowest BCUT2D eigenvalue weighted by Crippen LogP contribution is -2.35. The van der Waals surface area contributed by atoms with E-state index in [1.165, 1.54) is 15.6 Å². The number of sulfonamides is 1. The van der Waals surface area contributed by atoms with Crippen LogP contribution in [0.15, 0.2) is 45.0 Å². The molecule has 0 bridgehead atoms. The molecule has 0 amide bonds. The van der Waals surface area contributed by atoms with E-state index in [2.05, 4.69) is 10.2 Å². The van der Waals surface area contributed by atoms with Crippen molar-refractivity contribution in [1.29, 1.82) is 0 Å². The van der Waals surface area contributed by atoms with Crippen LogP contribution in [0.25, 0.3) is 10.8 Å². The molecule has 1 fully saturated rings. The van der Waals surface area contributed by atoms with Gasteiger partial charge in [0.15, 0.2) is 0 Å². The van der Waals surface area contributed by atoms with Gasteiger partial charge >= 0.3 is 0 Å². The summed E-state index contributed by atoms with van der Waals surface area (Å²) in [6.45, 7) is 0.499. The molecule has 1 aliphatic heterocycles. The first-order valence-electron chi connectivity index (χ1n) is 8.67. The lowest BCUT2D eigenvalue weighted by molar-refractivity contribution is 0.509. The Labute approximate surface area is 155 Å². The van der Waals surface area contributed by atoms with E-state index in [1.54, 1.807) is 12.1 Å². The van der Waals surface area contributed by atoms with Gasteiger partial charge in [0, 0.05) is 12.5 Å². The predicted octanol–water partition coefficient (Wildman–Crippen LogP) is 3.82. The minimum Gasteiger partial charge on any atom is -0.420 e. The van der Waals surface area contributed by atoms with Crippen molar-refractivity contribution in [3.05, 3.63) is 47.9 Å². The fourth-order valence-corrected chi connectivity index (χ4v) is 6.14. The molecule has 0 spiro atoms. The number of thiophene rings is 1. The lowest BCUT2D eigenvalue weighted by Gasteiger charge is -2.29. The molecular formula is C18H17N3O3S2. The number of hydrogen-bond acceptors (Lipinski definition) is 6. The summed E-state index contributed by atoms with van der Waals surface area (Å²) in [5, 5.41) is 8.15. The molecular weight excluding hydrogens is 370 g/mol. The maximum atomic E-state index is 13.2. The van der Waals surface area contributed by atoms with Gasteiger partial charge in [-0.05, 0) is 49.4 Å². The third-order valence-corrected chi connectivity index (χ3v) is 8.13. The number of anilines is 1. The van der Waals surface area contributed by atoms with Crippen LogP contribution in [0.2, 0.25) is 0 Å². The first-order chi connectivity index (χ1) is 12.6. The van der Waals surface area contributed by atoms with E-state index in [0.717, 1.165) is 36.9 Å². The minimum absolute atomic E-state index is 0.301. The van der Waals surface area contributed by atoms with Crippen molar-refractivity contribution in [2.75, 3.05) is 10.8 Å². The molecule has 0 atom stereocenters. The molecule has 1 aliphatic carbocycles. The Bertz CT molecular complexity index is 1070. The molecule has 5 rings (SSSR count). The highest BCUT2D eigenvalue weighted by atomic mass is 32.2. The van der Waals surface area contributed by atoms with Gasteiger partial charge in [-0.2, -0.15) is 0 Å². The van der Waals surface area contributed by atoms with Crippen LogP contribution in [-0.2, 0) is 16.4 Å². The first kappa shape index (κ1) is 16.0. The van der Waals surface area contributed by atoms with Gasteiger partial charge in [-0.1, -0.05) is 18.2 Å². The topological polar surface area (TPSA) is 76.3 Å². The summed E-state index contributed by atoms with van der Waals surface area (Å²) >= 11 is 1.18. The number of para-hydroxylation sites is 1. The van der Waals surface area contributed by atoms with Gasteiger partial charge in [0.05, 0.1) is 10.6 Å². The average Bonchev–Trinajstić information content (AvgIpc) is 3.18. The van der Waals surface area contributed by atoms with E-state index in [1.807, 2.05) is 24.3 Å². The summed E-state index contributed by atoms with van der Waals surface area (Å²) in [7, 11) is -3.60. The second kappa shape index (κ2) is 5.92. The zero-order valence-electron chi connectivity index (χ0n) is 14.0.